The van der Waals surface area contributed by atoms with Crippen molar-refractivity contribution in [3.05, 3.63) is 65.3 Å². The average Bonchev–Trinajstić information content (AvgIpc) is 2.29. The zero-order chi connectivity index (χ0) is 12.7. The highest BCUT2D eigenvalue weighted by Crippen LogP contribution is 2.15. The van der Waals surface area contributed by atoms with Crippen molar-refractivity contribution in [3.63, 3.8) is 0 Å². The van der Waals surface area contributed by atoms with E-state index in [4.69, 9.17) is 0 Å². The van der Waals surface area contributed by atoms with Crippen molar-refractivity contribution in [1.82, 2.24) is 0 Å². The second kappa shape index (κ2) is 6.90. The molecule has 1 aromatic carbocycles. The molecule has 0 saturated carbocycles. The number of rotatable bonds is 4. The molecule has 0 heteroatoms. The maximum absolute atomic E-state index is 2.22. The summed E-state index contributed by atoms with van der Waals surface area (Å²) in [5.41, 5.74) is 3.95. The van der Waals surface area contributed by atoms with Crippen LogP contribution in [0.25, 0.3) is 6.08 Å². The first-order valence-corrected chi connectivity index (χ1v) is 6.18. The molecule has 0 unspecified atom stereocenters. The van der Waals surface area contributed by atoms with E-state index in [9.17, 15) is 0 Å². The first-order valence-electron chi connectivity index (χ1n) is 6.18. The summed E-state index contributed by atoms with van der Waals surface area (Å²) in [7, 11) is 0. The topological polar surface area (TPSA) is 0 Å². The molecule has 0 spiro atoms. The van der Waals surface area contributed by atoms with Crippen molar-refractivity contribution in [2.24, 2.45) is 0 Å². The van der Waals surface area contributed by atoms with E-state index in [1.54, 1.807) is 0 Å². The second-order valence-corrected chi connectivity index (χ2v) is 4.81. The Morgan fingerprint density at radius 2 is 1.59 bits per heavy atom. The van der Waals surface area contributed by atoms with Gasteiger partial charge >= 0.3 is 0 Å². The molecule has 0 radical (unpaired) electrons. The first-order chi connectivity index (χ1) is 8.09. The van der Waals surface area contributed by atoms with Gasteiger partial charge in [-0.05, 0) is 30.9 Å². The van der Waals surface area contributed by atoms with Crippen LogP contribution in [0.4, 0.5) is 0 Å². The number of allylic oxidation sites excluding steroid dienone is 5. The summed E-state index contributed by atoms with van der Waals surface area (Å²) in [5, 5.41) is 0. The lowest BCUT2D eigenvalue weighted by atomic mass is 10.0. The molecule has 0 bridgehead atoms. The van der Waals surface area contributed by atoms with Crippen molar-refractivity contribution in [2.75, 3.05) is 0 Å². The van der Waals surface area contributed by atoms with Gasteiger partial charge in [-0.2, -0.15) is 0 Å². The van der Waals surface area contributed by atoms with Crippen LogP contribution in [0, 0.1) is 0 Å². The fourth-order valence-corrected chi connectivity index (χ4v) is 1.47. The van der Waals surface area contributed by atoms with Gasteiger partial charge in [0.05, 0.1) is 0 Å². The van der Waals surface area contributed by atoms with E-state index in [2.05, 4.69) is 82.3 Å². The largest absolute Gasteiger partial charge is 0.0764 e. The fraction of sp³-hybridized carbons (Fsp3) is 0.294. The maximum Gasteiger partial charge on any atom is -0.0219 e. The van der Waals surface area contributed by atoms with E-state index in [1.807, 2.05) is 0 Å². The molecular weight excluding hydrogens is 204 g/mol. The van der Waals surface area contributed by atoms with Crippen LogP contribution < -0.4 is 0 Å². The standard InChI is InChI=1S/C17H22/c1-14(2)8-6-5-7-9-16-10-12-17(13-11-16)15(3)4/h5-13,15H,1-4H3/b6-5+,9-7+. The molecule has 0 nitrogen and oxygen atoms in total. The minimum atomic E-state index is 0.602. The highest BCUT2D eigenvalue weighted by atomic mass is 14.0. The molecule has 0 amide bonds. The minimum absolute atomic E-state index is 0.602. The maximum atomic E-state index is 2.22. The molecule has 0 aliphatic rings. The lowest BCUT2D eigenvalue weighted by molar-refractivity contribution is 0.866. The molecule has 0 heterocycles. The second-order valence-electron chi connectivity index (χ2n) is 4.81. The van der Waals surface area contributed by atoms with Crippen molar-refractivity contribution >= 4 is 6.08 Å². The van der Waals surface area contributed by atoms with Gasteiger partial charge in [0.2, 0.25) is 0 Å². The number of hydrogen-bond acceptors (Lipinski definition) is 0. The summed E-state index contributed by atoms with van der Waals surface area (Å²) in [6, 6.07) is 8.73. The molecule has 0 aliphatic heterocycles. The smallest absolute Gasteiger partial charge is 0.0219 e. The molecule has 1 aromatic rings. The molecule has 90 valence electrons. The SMILES string of the molecule is CC(C)=C/C=C/C=C/c1ccc(C(C)C)cc1. The summed E-state index contributed by atoms with van der Waals surface area (Å²) in [5.74, 6) is 0.602. The van der Waals surface area contributed by atoms with Gasteiger partial charge in [0.1, 0.15) is 0 Å². The highest BCUT2D eigenvalue weighted by molar-refractivity contribution is 5.51. The highest BCUT2D eigenvalue weighted by Gasteiger charge is 1.96. The summed E-state index contributed by atoms with van der Waals surface area (Å²) < 4.78 is 0. The Morgan fingerprint density at radius 3 is 2.12 bits per heavy atom. The number of hydrogen-bond donors (Lipinski definition) is 0. The molecule has 0 saturated heterocycles. The Hall–Kier alpha value is -1.56. The Labute approximate surface area is 105 Å². The predicted octanol–water partition coefficient (Wildman–Crippen LogP) is 5.35. The van der Waals surface area contributed by atoms with Crippen molar-refractivity contribution in [2.45, 2.75) is 33.6 Å². The van der Waals surface area contributed by atoms with Crippen LogP contribution in [-0.2, 0) is 0 Å². The molecule has 0 atom stereocenters. The van der Waals surface area contributed by atoms with E-state index in [0.717, 1.165) is 0 Å². The van der Waals surface area contributed by atoms with Crippen LogP contribution in [0.5, 0.6) is 0 Å². The predicted molar refractivity (Wildman–Crippen MR) is 78.1 cm³/mol. The Morgan fingerprint density at radius 1 is 0.941 bits per heavy atom. The molecule has 0 aromatic heterocycles. The minimum Gasteiger partial charge on any atom is -0.0764 e. The van der Waals surface area contributed by atoms with Crippen LogP contribution in [0.3, 0.4) is 0 Å². The van der Waals surface area contributed by atoms with Crippen LogP contribution in [0.15, 0.2) is 54.1 Å². The normalized spacial score (nSPS) is 11.6. The summed E-state index contributed by atoms with van der Waals surface area (Å²) in [6.45, 7) is 8.62. The lowest BCUT2D eigenvalue weighted by Gasteiger charge is -2.04. The first kappa shape index (κ1) is 13.5. The van der Waals surface area contributed by atoms with Crippen LogP contribution in [0.1, 0.15) is 44.7 Å². The van der Waals surface area contributed by atoms with E-state index in [1.165, 1.54) is 16.7 Å². The molecule has 0 fully saturated rings. The molecule has 17 heavy (non-hydrogen) atoms. The summed E-state index contributed by atoms with van der Waals surface area (Å²) >= 11 is 0. The zero-order valence-corrected chi connectivity index (χ0v) is 11.3. The monoisotopic (exact) mass is 226 g/mol. The summed E-state index contributed by atoms with van der Waals surface area (Å²) in [6.07, 6.45) is 10.4. The van der Waals surface area contributed by atoms with Gasteiger partial charge in [0.15, 0.2) is 0 Å². The van der Waals surface area contributed by atoms with Gasteiger partial charge in [-0.3, -0.25) is 0 Å². The third kappa shape index (κ3) is 5.35. The van der Waals surface area contributed by atoms with E-state index < -0.39 is 0 Å². The van der Waals surface area contributed by atoms with Gasteiger partial charge in [-0.15, -0.1) is 0 Å². The third-order valence-corrected chi connectivity index (χ3v) is 2.54. The van der Waals surface area contributed by atoms with E-state index in [0.29, 0.717) is 5.92 Å². The van der Waals surface area contributed by atoms with Gasteiger partial charge in [-0.25, -0.2) is 0 Å². The van der Waals surface area contributed by atoms with E-state index in [-0.39, 0.29) is 0 Å². The summed E-state index contributed by atoms with van der Waals surface area (Å²) in [4.78, 5) is 0. The molecular formula is C17H22. The van der Waals surface area contributed by atoms with Gasteiger partial charge < -0.3 is 0 Å². The third-order valence-electron chi connectivity index (χ3n) is 2.54. The fourth-order valence-electron chi connectivity index (χ4n) is 1.47. The Kier molecular flexibility index (Phi) is 5.48. The van der Waals surface area contributed by atoms with Crippen LogP contribution in [-0.4, -0.2) is 0 Å². The van der Waals surface area contributed by atoms with Crippen molar-refractivity contribution in [1.29, 1.82) is 0 Å². The zero-order valence-electron chi connectivity index (χ0n) is 11.3. The number of benzene rings is 1. The molecule has 0 aliphatic carbocycles. The van der Waals surface area contributed by atoms with Gasteiger partial charge in [0.25, 0.3) is 0 Å². The average molecular weight is 226 g/mol. The molecule has 1 rings (SSSR count). The van der Waals surface area contributed by atoms with Gasteiger partial charge in [-0.1, -0.05) is 74.1 Å². The van der Waals surface area contributed by atoms with Crippen molar-refractivity contribution < 1.29 is 0 Å². The Balaban J connectivity index is 2.60. The quantitative estimate of drug-likeness (QED) is 0.607. The van der Waals surface area contributed by atoms with Crippen LogP contribution in [0.2, 0.25) is 0 Å². The van der Waals surface area contributed by atoms with Crippen molar-refractivity contribution in [3.8, 4) is 0 Å². The van der Waals surface area contributed by atoms with Gasteiger partial charge in [0, 0.05) is 0 Å². The van der Waals surface area contributed by atoms with E-state index >= 15 is 0 Å². The van der Waals surface area contributed by atoms with Crippen LogP contribution >= 0.6 is 0 Å². The molecule has 0 N–H and O–H groups in total. The Bertz CT molecular complexity index is 410. The lowest BCUT2D eigenvalue weighted by Crippen LogP contribution is -1.85.